The zero-order valence-electron chi connectivity index (χ0n) is 17.3. The lowest BCUT2D eigenvalue weighted by molar-refractivity contribution is 0.267. The molecule has 154 valence electrons. The summed E-state index contributed by atoms with van der Waals surface area (Å²) >= 11 is 0. The van der Waals surface area contributed by atoms with E-state index in [0.717, 1.165) is 62.2 Å². The van der Waals surface area contributed by atoms with Crippen molar-refractivity contribution in [2.75, 3.05) is 49.5 Å². The third-order valence-electron chi connectivity index (χ3n) is 5.23. The van der Waals surface area contributed by atoms with Crippen LogP contribution in [0.15, 0.2) is 36.4 Å². The fourth-order valence-electron chi connectivity index (χ4n) is 3.57. The monoisotopic (exact) mass is 397 g/mol. The minimum absolute atomic E-state index is 0.116. The predicted octanol–water partition coefficient (Wildman–Crippen LogP) is 2.80. The second-order valence-corrected chi connectivity index (χ2v) is 8.49. The molecule has 7 nitrogen and oxygen atoms in total. The molecule has 3 heterocycles. The molecule has 0 radical (unpaired) electrons. The highest BCUT2D eigenvalue weighted by molar-refractivity contribution is 5.47. The molecule has 1 fully saturated rings. The van der Waals surface area contributed by atoms with Crippen LogP contribution >= 0.6 is 0 Å². The average molecular weight is 398 g/mol. The number of hydrogen-bond acceptors (Lipinski definition) is 6. The van der Waals surface area contributed by atoms with E-state index < -0.39 is 0 Å². The van der Waals surface area contributed by atoms with Crippen LogP contribution in [-0.4, -0.2) is 64.0 Å². The molecule has 0 aliphatic carbocycles. The van der Waals surface area contributed by atoms with Crippen molar-refractivity contribution in [2.45, 2.75) is 26.2 Å². The molecule has 0 bridgehead atoms. The Balaban J connectivity index is 1.29. The van der Waals surface area contributed by atoms with Gasteiger partial charge in [-0.3, -0.25) is 4.90 Å². The van der Waals surface area contributed by atoms with Crippen LogP contribution in [0.25, 0.3) is 5.65 Å². The van der Waals surface area contributed by atoms with E-state index in [1.165, 1.54) is 12.1 Å². The van der Waals surface area contributed by atoms with Crippen molar-refractivity contribution in [3.63, 3.8) is 0 Å². The van der Waals surface area contributed by atoms with E-state index in [-0.39, 0.29) is 11.2 Å². The zero-order valence-corrected chi connectivity index (χ0v) is 17.3. The maximum Gasteiger partial charge on any atom is 0.178 e. The molecule has 0 unspecified atom stereocenters. The Labute approximate surface area is 170 Å². The molecule has 2 aromatic heterocycles. The van der Waals surface area contributed by atoms with Crippen molar-refractivity contribution in [3.8, 4) is 0 Å². The summed E-state index contributed by atoms with van der Waals surface area (Å²) < 4.78 is 14.9. The van der Waals surface area contributed by atoms with Crippen LogP contribution in [0.3, 0.4) is 0 Å². The van der Waals surface area contributed by atoms with E-state index in [1.54, 1.807) is 0 Å². The Hall–Kier alpha value is -2.74. The maximum absolute atomic E-state index is 13.1. The van der Waals surface area contributed by atoms with Crippen molar-refractivity contribution in [2.24, 2.45) is 0 Å². The van der Waals surface area contributed by atoms with Crippen molar-refractivity contribution in [1.82, 2.24) is 24.7 Å². The molecule has 29 heavy (non-hydrogen) atoms. The van der Waals surface area contributed by atoms with Gasteiger partial charge in [-0.15, -0.1) is 15.3 Å². The number of halogens is 1. The summed E-state index contributed by atoms with van der Waals surface area (Å²) in [6.07, 6.45) is 0. The van der Waals surface area contributed by atoms with Gasteiger partial charge in [-0.2, -0.15) is 4.52 Å². The van der Waals surface area contributed by atoms with Gasteiger partial charge in [0.2, 0.25) is 0 Å². The summed E-state index contributed by atoms with van der Waals surface area (Å²) in [4.78, 5) is 4.74. The van der Waals surface area contributed by atoms with Crippen LogP contribution in [0.4, 0.5) is 15.9 Å². The van der Waals surface area contributed by atoms with Gasteiger partial charge < -0.3 is 10.2 Å². The number of nitrogens with zero attached hydrogens (tertiary/aromatic N) is 6. The lowest BCUT2D eigenvalue weighted by Gasteiger charge is -2.36. The Morgan fingerprint density at radius 2 is 1.69 bits per heavy atom. The Bertz CT molecular complexity index is 953. The fraction of sp³-hybridized carbons (Fsp3) is 0.476. The first-order valence-corrected chi connectivity index (χ1v) is 10.1. The summed E-state index contributed by atoms with van der Waals surface area (Å²) in [6.45, 7) is 12.0. The molecular formula is C21H28FN7. The van der Waals surface area contributed by atoms with E-state index >= 15 is 0 Å². The fourth-order valence-corrected chi connectivity index (χ4v) is 3.57. The summed E-state index contributed by atoms with van der Waals surface area (Å²) in [5, 5.41) is 16.6. The van der Waals surface area contributed by atoms with Gasteiger partial charge in [-0.1, -0.05) is 20.8 Å². The van der Waals surface area contributed by atoms with E-state index in [9.17, 15) is 4.39 Å². The SMILES string of the molecule is CC(C)(C)c1nnc2ccc(NCCN3CCN(c4ccc(F)cc4)CC3)nn12. The molecule has 1 N–H and O–H groups in total. The average Bonchev–Trinajstić information content (AvgIpc) is 3.13. The first-order valence-electron chi connectivity index (χ1n) is 10.1. The Morgan fingerprint density at radius 3 is 2.38 bits per heavy atom. The molecule has 1 aliphatic rings. The van der Waals surface area contributed by atoms with Gasteiger partial charge in [0.15, 0.2) is 11.5 Å². The molecule has 1 saturated heterocycles. The van der Waals surface area contributed by atoms with Crippen LogP contribution in [0, 0.1) is 5.82 Å². The predicted molar refractivity (Wildman–Crippen MR) is 113 cm³/mol. The highest BCUT2D eigenvalue weighted by Gasteiger charge is 2.22. The molecule has 0 amide bonds. The van der Waals surface area contributed by atoms with Gasteiger partial charge >= 0.3 is 0 Å². The third kappa shape index (κ3) is 4.48. The zero-order chi connectivity index (χ0) is 20.4. The van der Waals surface area contributed by atoms with Crippen molar-refractivity contribution < 1.29 is 4.39 Å². The molecule has 0 saturated carbocycles. The first kappa shape index (κ1) is 19.6. The highest BCUT2D eigenvalue weighted by Crippen LogP contribution is 2.21. The smallest absolute Gasteiger partial charge is 0.178 e. The van der Waals surface area contributed by atoms with Gasteiger partial charge in [0, 0.05) is 50.4 Å². The lowest BCUT2D eigenvalue weighted by atomic mass is 9.96. The summed E-state index contributed by atoms with van der Waals surface area (Å²) in [5.74, 6) is 1.49. The van der Waals surface area contributed by atoms with Crippen molar-refractivity contribution in [3.05, 3.63) is 48.0 Å². The Kier molecular flexibility index (Phi) is 5.36. The molecule has 0 atom stereocenters. The summed E-state index contributed by atoms with van der Waals surface area (Å²) in [5.41, 5.74) is 1.73. The number of anilines is 2. The largest absolute Gasteiger partial charge is 0.369 e. The van der Waals surface area contributed by atoms with Crippen LogP contribution in [0.1, 0.15) is 26.6 Å². The van der Waals surface area contributed by atoms with E-state index in [2.05, 4.69) is 51.2 Å². The highest BCUT2D eigenvalue weighted by atomic mass is 19.1. The molecule has 4 rings (SSSR count). The second kappa shape index (κ2) is 7.94. The van der Waals surface area contributed by atoms with Crippen molar-refractivity contribution in [1.29, 1.82) is 0 Å². The molecular weight excluding hydrogens is 369 g/mol. The van der Waals surface area contributed by atoms with Crippen LogP contribution in [0.2, 0.25) is 0 Å². The molecule has 1 aliphatic heterocycles. The van der Waals surface area contributed by atoms with Gasteiger partial charge in [-0.05, 0) is 36.4 Å². The van der Waals surface area contributed by atoms with Crippen molar-refractivity contribution >= 4 is 17.2 Å². The van der Waals surface area contributed by atoms with Gasteiger partial charge in [0.05, 0.1) is 0 Å². The maximum atomic E-state index is 13.1. The van der Waals surface area contributed by atoms with Crippen LogP contribution in [0.5, 0.6) is 0 Å². The first-order chi connectivity index (χ1) is 13.9. The molecule has 3 aromatic rings. The van der Waals surface area contributed by atoms with Gasteiger partial charge in [-0.25, -0.2) is 4.39 Å². The van der Waals surface area contributed by atoms with Crippen LogP contribution in [-0.2, 0) is 5.41 Å². The van der Waals surface area contributed by atoms with E-state index in [0.29, 0.717) is 0 Å². The van der Waals surface area contributed by atoms with Crippen LogP contribution < -0.4 is 10.2 Å². The summed E-state index contributed by atoms with van der Waals surface area (Å²) in [7, 11) is 0. The molecule has 8 heteroatoms. The minimum Gasteiger partial charge on any atom is -0.369 e. The number of hydrogen-bond donors (Lipinski definition) is 1. The topological polar surface area (TPSA) is 61.6 Å². The number of fused-ring (bicyclic) bond motifs is 1. The number of piperazine rings is 1. The minimum atomic E-state index is -0.189. The summed E-state index contributed by atoms with van der Waals surface area (Å²) in [6, 6.07) is 10.6. The van der Waals surface area contributed by atoms with Gasteiger partial charge in [0.1, 0.15) is 11.6 Å². The lowest BCUT2D eigenvalue weighted by Crippen LogP contribution is -2.47. The normalized spacial score (nSPS) is 15.8. The van der Waals surface area contributed by atoms with E-state index in [4.69, 9.17) is 0 Å². The number of nitrogens with one attached hydrogen (secondary N) is 1. The molecule has 1 aromatic carbocycles. The third-order valence-corrected chi connectivity index (χ3v) is 5.23. The Morgan fingerprint density at radius 1 is 0.966 bits per heavy atom. The molecule has 0 spiro atoms. The standard InChI is InChI=1S/C21H28FN7/c1-21(2,3)20-25-24-19-9-8-18(26-29(19)20)23-10-11-27-12-14-28(15-13-27)17-6-4-16(22)5-7-17/h4-9H,10-15H2,1-3H3,(H,23,26). The van der Waals surface area contributed by atoms with Gasteiger partial charge in [0.25, 0.3) is 0 Å². The second-order valence-electron chi connectivity index (χ2n) is 8.49. The quantitative estimate of drug-likeness (QED) is 0.714. The number of aromatic nitrogens is 4. The van der Waals surface area contributed by atoms with E-state index in [1.807, 2.05) is 28.8 Å². The number of rotatable bonds is 5. The number of benzene rings is 1.